The number of nitrogens with two attached hydrogens (primary N) is 1. The van der Waals surface area contributed by atoms with Gasteiger partial charge in [0.2, 0.25) is 5.91 Å². The number of rotatable bonds is 10. The maximum absolute atomic E-state index is 12.7. The minimum Gasteiger partial charge on any atom is -0.370 e. The summed E-state index contributed by atoms with van der Waals surface area (Å²) in [6, 6.07) is 7.81. The van der Waals surface area contributed by atoms with E-state index in [0.717, 1.165) is 16.5 Å². The SMILES string of the molecule is CC(C)(N)C(=O)N[C@H](Cc1c[nH]c2ccccc12)c1nnnn1C(CC#N)COCC(F)(F)F. The van der Waals surface area contributed by atoms with Crippen LogP contribution in [0.1, 0.15) is 43.7 Å². The van der Waals surface area contributed by atoms with Crippen molar-refractivity contribution >= 4 is 16.8 Å². The fourth-order valence-electron chi connectivity index (χ4n) is 3.39. The quantitative estimate of drug-likeness (QED) is 0.405. The van der Waals surface area contributed by atoms with Crippen LogP contribution in [-0.4, -0.2) is 56.0 Å². The van der Waals surface area contributed by atoms with Crippen molar-refractivity contribution in [2.24, 2.45) is 5.73 Å². The van der Waals surface area contributed by atoms with Gasteiger partial charge in [-0.25, -0.2) is 4.68 Å². The molecule has 0 fully saturated rings. The Morgan fingerprint density at radius 1 is 1.35 bits per heavy atom. The zero-order valence-corrected chi connectivity index (χ0v) is 18.6. The Balaban J connectivity index is 1.93. The number of carbonyl (C=O) groups excluding carboxylic acids is 1. The summed E-state index contributed by atoms with van der Waals surface area (Å²) in [6.45, 7) is 1.17. The molecular formula is C21H25F3N8O2. The van der Waals surface area contributed by atoms with Crippen LogP contribution in [0.3, 0.4) is 0 Å². The molecule has 0 bridgehead atoms. The molecule has 0 aliphatic rings. The van der Waals surface area contributed by atoms with E-state index in [2.05, 4.69) is 25.8 Å². The molecule has 182 valence electrons. The Labute approximate surface area is 193 Å². The lowest BCUT2D eigenvalue weighted by Crippen LogP contribution is -2.50. The number of ether oxygens (including phenoxy) is 1. The first-order valence-electron chi connectivity index (χ1n) is 10.4. The van der Waals surface area contributed by atoms with Crippen molar-refractivity contribution in [3.05, 3.63) is 41.9 Å². The van der Waals surface area contributed by atoms with E-state index in [9.17, 15) is 23.2 Å². The second kappa shape index (κ2) is 10.2. The molecule has 2 aromatic heterocycles. The number of fused-ring (bicyclic) bond motifs is 1. The third kappa shape index (κ3) is 6.30. The number of H-pyrrole nitrogens is 1. The van der Waals surface area contributed by atoms with Gasteiger partial charge in [-0.05, 0) is 35.9 Å². The molecule has 0 aliphatic carbocycles. The first kappa shape index (κ1) is 25.1. The molecule has 4 N–H and O–H groups in total. The van der Waals surface area contributed by atoms with Crippen LogP contribution in [0.5, 0.6) is 0 Å². The van der Waals surface area contributed by atoms with Crippen LogP contribution in [0.4, 0.5) is 13.2 Å². The van der Waals surface area contributed by atoms with Crippen LogP contribution in [0.25, 0.3) is 10.9 Å². The van der Waals surface area contributed by atoms with Gasteiger partial charge in [0.25, 0.3) is 0 Å². The van der Waals surface area contributed by atoms with E-state index in [1.165, 1.54) is 18.5 Å². The number of carbonyl (C=O) groups is 1. The van der Waals surface area contributed by atoms with E-state index in [-0.39, 0.29) is 18.7 Å². The fourth-order valence-corrected chi connectivity index (χ4v) is 3.39. The van der Waals surface area contributed by atoms with Crippen molar-refractivity contribution in [1.82, 2.24) is 30.5 Å². The molecule has 13 heteroatoms. The second-order valence-corrected chi connectivity index (χ2v) is 8.44. The molecule has 2 atom stereocenters. The van der Waals surface area contributed by atoms with E-state index in [1.807, 2.05) is 30.3 Å². The second-order valence-electron chi connectivity index (χ2n) is 8.44. The number of tetrazole rings is 1. The first-order valence-corrected chi connectivity index (χ1v) is 10.4. The smallest absolute Gasteiger partial charge is 0.370 e. The van der Waals surface area contributed by atoms with Gasteiger partial charge in [0.05, 0.1) is 36.7 Å². The van der Waals surface area contributed by atoms with Crippen LogP contribution < -0.4 is 11.1 Å². The van der Waals surface area contributed by atoms with Gasteiger partial charge in [0.1, 0.15) is 6.61 Å². The standard InChI is InChI=1S/C21H25F3N8O2/c1-20(2,26)19(33)28-17(9-13-10-27-16-6-4-3-5-15(13)16)18-29-30-31-32(18)14(7-8-25)11-34-12-21(22,23)24/h3-6,10,14,17,27H,7,9,11-12,26H2,1-2H3,(H,28,33)/t14?,17-/m1/s1. The molecule has 0 saturated heterocycles. The Kier molecular flexibility index (Phi) is 7.53. The van der Waals surface area contributed by atoms with E-state index >= 15 is 0 Å². The van der Waals surface area contributed by atoms with Crippen molar-refractivity contribution in [3.63, 3.8) is 0 Å². The molecule has 1 aromatic carbocycles. The minimum absolute atomic E-state index is 0.165. The van der Waals surface area contributed by atoms with E-state index < -0.39 is 42.9 Å². The molecule has 1 amide bonds. The number of alkyl halides is 3. The van der Waals surface area contributed by atoms with E-state index in [0.29, 0.717) is 0 Å². The van der Waals surface area contributed by atoms with Crippen LogP contribution in [-0.2, 0) is 16.0 Å². The number of hydrogen-bond donors (Lipinski definition) is 3. The average Bonchev–Trinajstić information content (AvgIpc) is 3.38. The average molecular weight is 478 g/mol. The number of nitrogens with one attached hydrogen (secondary N) is 2. The maximum atomic E-state index is 12.7. The lowest BCUT2D eigenvalue weighted by Gasteiger charge is -2.25. The van der Waals surface area contributed by atoms with Crippen molar-refractivity contribution in [1.29, 1.82) is 5.26 Å². The van der Waals surface area contributed by atoms with Crippen LogP contribution in [0, 0.1) is 11.3 Å². The Morgan fingerprint density at radius 3 is 2.76 bits per heavy atom. The molecule has 0 spiro atoms. The molecule has 0 aliphatic heterocycles. The lowest BCUT2D eigenvalue weighted by atomic mass is 10.0. The zero-order valence-electron chi connectivity index (χ0n) is 18.6. The summed E-state index contributed by atoms with van der Waals surface area (Å²) >= 11 is 0. The van der Waals surface area contributed by atoms with Gasteiger partial charge in [-0.1, -0.05) is 18.2 Å². The normalized spacial score (nSPS) is 14.0. The van der Waals surface area contributed by atoms with Gasteiger partial charge in [0, 0.05) is 23.5 Å². The topological polar surface area (TPSA) is 148 Å². The summed E-state index contributed by atoms with van der Waals surface area (Å²) in [6.07, 6.45) is -2.66. The Hall–Kier alpha value is -3.50. The number of aromatic amines is 1. The van der Waals surface area contributed by atoms with Gasteiger partial charge >= 0.3 is 6.18 Å². The summed E-state index contributed by atoms with van der Waals surface area (Å²) in [4.78, 5) is 15.9. The minimum atomic E-state index is -4.51. The van der Waals surface area contributed by atoms with Gasteiger partial charge < -0.3 is 20.8 Å². The van der Waals surface area contributed by atoms with E-state index in [1.54, 1.807) is 6.20 Å². The zero-order chi connectivity index (χ0) is 24.9. The molecule has 0 radical (unpaired) electrons. The largest absolute Gasteiger partial charge is 0.411 e. The Bertz CT molecular complexity index is 1160. The molecule has 34 heavy (non-hydrogen) atoms. The third-order valence-corrected chi connectivity index (χ3v) is 5.07. The van der Waals surface area contributed by atoms with Crippen LogP contribution in [0.15, 0.2) is 30.5 Å². The van der Waals surface area contributed by atoms with Crippen molar-refractivity contribution in [3.8, 4) is 6.07 Å². The molecule has 1 unspecified atom stereocenters. The lowest BCUT2D eigenvalue weighted by molar-refractivity contribution is -0.176. The number of benzene rings is 1. The molecule has 2 heterocycles. The predicted molar refractivity (Wildman–Crippen MR) is 115 cm³/mol. The maximum Gasteiger partial charge on any atom is 0.411 e. The summed E-state index contributed by atoms with van der Waals surface area (Å²) in [7, 11) is 0. The third-order valence-electron chi connectivity index (χ3n) is 5.07. The first-order chi connectivity index (χ1) is 16.0. The number of nitriles is 1. The Morgan fingerprint density at radius 2 is 2.09 bits per heavy atom. The molecular weight excluding hydrogens is 453 g/mol. The number of nitrogens with zero attached hydrogens (tertiary/aromatic N) is 5. The van der Waals surface area contributed by atoms with Crippen LogP contribution >= 0.6 is 0 Å². The van der Waals surface area contributed by atoms with Gasteiger partial charge in [-0.15, -0.1) is 5.10 Å². The highest BCUT2D eigenvalue weighted by Crippen LogP contribution is 2.26. The molecule has 3 aromatic rings. The van der Waals surface area contributed by atoms with Gasteiger partial charge in [-0.2, -0.15) is 18.4 Å². The molecule has 10 nitrogen and oxygen atoms in total. The van der Waals surface area contributed by atoms with Crippen molar-refractivity contribution in [2.45, 2.75) is 50.5 Å². The number of para-hydroxylation sites is 1. The van der Waals surface area contributed by atoms with Crippen molar-refractivity contribution in [2.75, 3.05) is 13.2 Å². The summed E-state index contributed by atoms with van der Waals surface area (Å²) < 4.78 is 43.6. The fraction of sp³-hybridized carbons (Fsp3) is 0.476. The number of aromatic nitrogens is 5. The monoisotopic (exact) mass is 478 g/mol. The van der Waals surface area contributed by atoms with Gasteiger partial charge in [0.15, 0.2) is 5.82 Å². The summed E-state index contributed by atoms with van der Waals surface area (Å²) in [5.41, 5.74) is 6.49. The highest BCUT2D eigenvalue weighted by Gasteiger charge is 2.32. The van der Waals surface area contributed by atoms with Crippen LogP contribution in [0.2, 0.25) is 0 Å². The number of halogens is 3. The summed E-state index contributed by atoms with van der Waals surface area (Å²) in [5.74, 6) is -0.309. The summed E-state index contributed by atoms with van der Waals surface area (Å²) in [5, 5.41) is 24.5. The van der Waals surface area contributed by atoms with Gasteiger partial charge in [-0.3, -0.25) is 4.79 Å². The van der Waals surface area contributed by atoms with E-state index in [4.69, 9.17) is 10.5 Å². The highest BCUT2D eigenvalue weighted by molar-refractivity contribution is 5.86. The predicted octanol–water partition coefficient (Wildman–Crippen LogP) is 2.33. The highest BCUT2D eigenvalue weighted by atomic mass is 19.4. The molecule has 0 saturated carbocycles. The number of hydrogen-bond acceptors (Lipinski definition) is 7. The number of amides is 1. The molecule has 3 rings (SSSR count). The van der Waals surface area contributed by atoms with Crippen molar-refractivity contribution < 1.29 is 22.7 Å².